The smallest absolute Gasteiger partial charge is 0.291 e. The van der Waals surface area contributed by atoms with Gasteiger partial charge in [-0.3, -0.25) is 57.5 Å². The number of aliphatic imine (C=N–C) groups is 1. The van der Waals surface area contributed by atoms with Crippen LogP contribution in [-0.4, -0.2) is 243 Å². The van der Waals surface area contributed by atoms with Gasteiger partial charge in [-0.05, 0) is 81.3 Å². The highest BCUT2D eigenvalue weighted by Gasteiger charge is 2.33. The first kappa shape index (κ1) is 91.9. The Morgan fingerprint density at radius 1 is 0.443 bits per heavy atom. The number of nitrogens with zero attached hydrogens (tertiary/aromatic N) is 12. The molecule has 40 nitrogen and oxygen atoms in total. The zero-order valence-electron chi connectivity index (χ0n) is 69.2. The van der Waals surface area contributed by atoms with E-state index in [4.69, 9.17) is 54.5 Å². The Kier molecular flexibility index (Phi) is 34.6. The summed E-state index contributed by atoms with van der Waals surface area (Å²) in [7, 11) is 7.88. The maximum absolute atomic E-state index is 13.6. The summed E-state index contributed by atoms with van der Waals surface area (Å²) in [5.74, 6) is -2.69. The number of halogens is 1. The van der Waals surface area contributed by atoms with Crippen molar-refractivity contribution < 1.29 is 85.8 Å². The first-order valence-corrected chi connectivity index (χ1v) is 40.5. The quantitative estimate of drug-likeness (QED) is 0.0210. The minimum absolute atomic E-state index is 0.0234. The Labute approximate surface area is 711 Å². The summed E-state index contributed by atoms with van der Waals surface area (Å²) in [5.41, 5.74) is 5.23. The Morgan fingerprint density at radius 3 is 1.37 bits per heavy atom. The van der Waals surface area contributed by atoms with E-state index in [0.717, 1.165) is 38.7 Å². The van der Waals surface area contributed by atoms with Crippen molar-refractivity contribution in [3.63, 3.8) is 0 Å². The number of carbonyl (C=O) groups excluding carboxylic acids is 10. The lowest BCUT2D eigenvalue weighted by Crippen LogP contribution is -2.32. The summed E-state index contributed by atoms with van der Waals surface area (Å²) >= 11 is 7.91. The van der Waals surface area contributed by atoms with Gasteiger partial charge in [0.1, 0.15) is 47.2 Å². The molecule has 122 heavy (non-hydrogen) atoms. The van der Waals surface area contributed by atoms with Crippen LogP contribution in [-0.2, 0) is 92.4 Å². The van der Waals surface area contributed by atoms with Crippen LogP contribution in [0.4, 0.5) is 34.5 Å². The molecule has 10 amide bonds. The summed E-state index contributed by atoms with van der Waals surface area (Å²) in [6.07, 6.45) is 7.97. The molecule has 1 atom stereocenters. The SMILES string of the molecule is CCCNC(=O)CCNC(=O)c1nc(NC(=O)CCNC(=O)c2cc(NC(=O)c3nc(NC(=O)CCNC(=O)c4cc(NC(=O)c5nc(NC(=O)COCCOCCOCCOCCOCCOCCOCCOc6ccc(NC(=O)C[C@@H]7N=C(c8ccc(Cl)cc8)c8c(sc(C)c8C)-n8c(C)nnc87)cc6)cn5C)cn4C)cn3C)cn2C)cn1C. The Bertz CT molecular complexity index is 5160. The lowest BCUT2D eigenvalue weighted by molar-refractivity contribution is -0.121. The molecule has 0 bridgehead atoms. The van der Waals surface area contributed by atoms with Crippen molar-refractivity contribution in [2.45, 2.75) is 65.8 Å². The Hall–Kier alpha value is -12.4. The normalized spacial score (nSPS) is 12.2. The van der Waals surface area contributed by atoms with Crippen molar-refractivity contribution in [2.75, 3.05) is 157 Å². The van der Waals surface area contributed by atoms with Crippen molar-refractivity contribution in [3.8, 4) is 10.8 Å². The van der Waals surface area contributed by atoms with Gasteiger partial charge in [0.25, 0.3) is 35.4 Å². The highest BCUT2D eigenvalue weighted by molar-refractivity contribution is 7.15. The number of benzene rings is 2. The van der Waals surface area contributed by atoms with E-state index in [0.29, 0.717) is 114 Å². The number of aromatic nitrogens is 11. The molecular formula is C80H101ClN22O18S. The number of hydrogen-bond acceptors (Lipinski definition) is 25. The number of anilines is 6. The summed E-state index contributed by atoms with van der Waals surface area (Å²) < 4.78 is 54.0. The predicted octanol–water partition coefficient (Wildman–Crippen LogP) is 5.51. The fourth-order valence-corrected chi connectivity index (χ4v) is 13.6. The molecule has 1 aliphatic rings. The van der Waals surface area contributed by atoms with Gasteiger partial charge >= 0.3 is 0 Å². The van der Waals surface area contributed by atoms with Crippen molar-refractivity contribution in [1.82, 2.24) is 73.8 Å². The average molecular weight is 1730 g/mol. The Morgan fingerprint density at radius 2 is 0.885 bits per heavy atom. The third kappa shape index (κ3) is 27.1. The maximum Gasteiger partial charge on any atom is 0.291 e. The number of nitrogens with one attached hydrogen (secondary N) is 10. The molecule has 0 radical (unpaired) electrons. The van der Waals surface area contributed by atoms with Gasteiger partial charge < -0.3 is 114 Å². The van der Waals surface area contributed by atoms with Crippen LogP contribution in [0.15, 0.2) is 96.6 Å². The highest BCUT2D eigenvalue weighted by Crippen LogP contribution is 2.40. The molecule has 1 aliphatic heterocycles. The van der Waals surface area contributed by atoms with Gasteiger partial charge in [0.05, 0.1) is 109 Å². The average Bonchev–Trinajstić information content (AvgIpc) is 1.59. The molecule has 10 rings (SSSR count). The molecule has 0 saturated carbocycles. The zero-order valence-corrected chi connectivity index (χ0v) is 70.8. The first-order chi connectivity index (χ1) is 58.8. The largest absolute Gasteiger partial charge is 0.491 e. The van der Waals surface area contributed by atoms with Crippen LogP contribution in [0.3, 0.4) is 0 Å². The standard InChI is InChI=1S/C80H101ClN22O18S/c1-10-22-82-64(104)19-23-85-77(111)72-93-61(45-100(72)7)90-65(105)20-24-83-75(109)59-40-55(43-98(59)5)87-78(112)73-94-62(46-101(73)8)91-66(106)21-25-84-76(110)60-41-56(44-99(60)6)88-79(113)74-95-63(47-102(74)9)92-68(108)48-120-37-36-118-33-32-116-29-28-114-26-27-115-30-31-117-34-35-119-38-39-121-57-17-15-54(16-18-57)86-67(107)42-58-71-97-96-51(4)103(71)80-69(49(2)50(3)122-80)70(89-58)52-11-13-53(81)14-12-52/h11-18,40-41,43-47,58H,10,19-39,42,48H2,1-9H3,(H,82,104)(H,83,109)(H,84,110)(H,85,111)(H,86,107)(H,87,112)(H,88,113)(H,90,105)(H,91,106)(H,92,108)/t58-/m0/s1. The Balaban J connectivity index is 0.501. The molecule has 2 aromatic carbocycles. The molecule has 10 N–H and O–H groups in total. The van der Waals surface area contributed by atoms with Crippen LogP contribution in [0.5, 0.6) is 5.75 Å². The van der Waals surface area contributed by atoms with Gasteiger partial charge in [0, 0.05) is 138 Å². The number of ether oxygens (including phenoxy) is 8. The topological polar surface area (TPSA) is 471 Å². The second-order valence-corrected chi connectivity index (χ2v) is 29.4. The van der Waals surface area contributed by atoms with Crippen LogP contribution >= 0.6 is 22.9 Å². The number of amides is 10. The van der Waals surface area contributed by atoms with Gasteiger partial charge in [-0.15, -0.1) is 21.5 Å². The molecule has 9 aromatic rings. The number of carbonyl (C=O) groups is 10. The summed E-state index contributed by atoms with van der Waals surface area (Å²) in [6, 6.07) is 17.0. The summed E-state index contributed by atoms with van der Waals surface area (Å²) in [5, 5.41) is 37.4. The van der Waals surface area contributed by atoms with E-state index in [9.17, 15) is 47.9 Å². The fraction of sp³-hybridized carbons (Fsp3) is 0.425. The molecule has 8 heterocycles. The van der Waals surface area contributed by atoms with Gasteiger partial charge in [-0.1, -0.05) is 30.7 Å². The minimum Gasteiger partial charge on any atom is -0.491 e. The number of hydrogen-bond donors (Lipinski definition) is 10. The van der Waals surface area contributed by atoms with E-state index < -0.39 is 53.3 Å². The van der Waals surface area contributed by atoms with Gasteiger partial charge in [-0.25, -0.2) is 15.0 Å². The van der Waals surface area contributed by atoms with E-state index in [1.165, 1.54) is 66.0 Å². The number of rotatable bonds is 49. The molecule has 0 aliphatic carbocycles. The molecule has 42 heteroatoms. The number of aryl methyl sites for hydroxylation is 7. The minimum atomic E-state index is -0.655. The lowest BCUT2D eigenvalue weighted by Gasteiger charge is -2.13. The van der Waals surface area contributed by atoms with Crippen molar-refractivity contribution in [1.29, 1.82) is 0 Å². The fourth-order valence-electron chi connectivity index (χ4n) is 12.2. The number of fused-ring (bicyclic) bond motifs is 3. The van der Waals surface area contributed by atoms with Crippen LogP contribution in [0.1, 0.15) is 131 Å². The second kappa shape index (κ2) is 45.9. The van der Waals surface area contributed by atoms with Crippen LogP contribution in [0.2, 0.25) is 5.02 Å². The van der Waals surface area contributed by atoms with E-state index in [1.54, 1.807) is 70.8 Å². The summed E-state index contributed by atoms with van der Waals surface area (Å²) in [4.78, 5) is 148. The number of imidazole rings is 3. The molecular weight excluding hydrogens is 1620 g/mol. The van der Waals surface area contributed by atoms with E-state index in [-0.39, 0.29) is 135 Å². The first-order valence-electron chi connectivity index (χ1n) is 39.3. The van der Waals surface area contributed by atoms with Gasteiger partial charge in [0.2, 0.25) is 41.1 Å². The molecule has 7 aromatic heterocycles. The second-order valence-electron chi connectivity index (χ2n) is 27.8. The van der Waals surface area contributed by atoms with Crippen molar-refractivity contribution in [3.05, 3.63) is 159 Å². The summed E-state index contributed by atoms with van der Waals surface area (Å²) in [6.45, 7) is 12.9. The molecule has 0 saturated heterocycles. The van der Waals surface area contributed by atoms with E-state index in [1.807, 2.05) is 42.7 Å². The third-order valence-electron chi connectivity index (χ3n) is 18.4. The molecule has 0 fully saturated rings. The highest BCUT2D eigenvalue weighted by atomic mass is 35.5. The predicted molar refractivity (Wildman–Crippen MR) is 451 cm³/mol. The van der Waals surface area contributed by atoms with E-state index in [2.05, 4.69) is 92.2 Å². The van der Waals surface area contributed by atoms with E-state index >= 15 is 0 Å². The van der Waals surface area contributed by atoms with Crippen LogP contribution in [0, 0.1) is 20.8 Å². The van der Waals surface area contributed by atoms with Crippen molar-refractivity contribution in [2.24, 2.45) is 40.2 Å². The third-order valence-corrected chi connectivity index (χ3v) is 19.8. The molecule has 0 spiro atoms. The monoisotopic (exact) mass is 1720 g/mol. The lowest BCUT2D eigenvalue weighted by atomic mass is 9.99. The van der Waals surface area contributed by atoms with Gasteiger partial charge in [-0.2, -0.15) is 0 Å². The maximum atomic E-state index is 13.6. The molecule has 652 valence electrons. The van der Waals surface area contributed by atoms with Gasteiger partial charge in [0.15, 0.2) is 23.3 Å². The van der Waals surface area contributed by atoms with Crippen molar-refractivity contribution >= 4 is 122 Å². The zero-order chi connectivity index (χ0) is 87.2. The van der Waals surface area contributed by atoms with Crippen LogP contribution < -0.4 is 57.9 Å². The number of thiophene rings is 1. The van der Waals surface area contributed by atoms with Crippen LogP contribution in [0.25, 0.3) is 5.00 Å². The molecule has 0 unspecified atom stereocenters.